The molecule has 0 amide bonds. The molecule has 0 aromatic carbocycles. The third kappa shape index (κ3) is 3.01. The first-order valence-corrected chi connectivity index (χ1v) is 4.68. The smallest absolute Gasteiger partial charge is 0.155 e. The average Bonchev–Trinajstić information content (AvgIpc) is 2.15. The average molecular weight is 180 g/mol. The zero-order chi connectivity index (χ0) is 9.68. The first-order valence-electron chi connectivity index (χ1n) is 4.68. The third-order valence-electron chi connectivity index (χ3n) is 1.64. The second-order valence-corrected chi connectivity index (χ2v) is 3.28. The Labute approximate surface area is 79.2 Å². The van der Waals surface area contributed by atoms with Gasteiger partial charge in [0.05, 0.1) is 19.0 Å². The zero-order valence-corrected chi connectivity index (χ0v) is 8.45. The molecular weight excluding hydrogens is 164 g/mol. The Hall–Kier alpha value is -1.12. The predicted octanol–water partition coefficient (Wildman–Crippen LogP) is 2.39. The van der Waals surface area contributed by atoms with E-state index in [9.17, 15) is 0 Å². The minimum absolute atomic E-state index is 0.375. The molecule has 1 rings (SSSR count). The van der Waals surface area contributed by atoms with Gasteiger partial charge in [0.2, 0.25) is 0 Å². The highest BCUT2D eigenvalue weighted by atomic mass is 16.5. The van der Waals surface area contributed by atoms with Gasteiger partial charge in [-0.25, -0.2) is 9.97 Å². The largest absolute Gasteiger partial charge is 0.490 e. The van der Waals surface area contributed by atoms with Crippen LogP contribution in [0.15, 0.2) is 12.4 Å². The van der Waals surface area contributed by atoms with Crippen LogP contribution in [0.5, 0.6) is 5.75 Å². The lowest BCUT2D eigenvalue weighted by atomic mass is 10.2. The molecule has 0 unspecified atom stereocenters. The summed E-state index contributed by atoms with van der Waals surface area (Å²) >= 11 is 0. The predicted molar refractivity (Wildman–Crippen MR) is 51.9 cm³/mol. The van der Waals surface area contributed by atoms with Crippen LogP contribution in [0.3, 0.4) is 0 Å². The lowest BCUT2D eigenvalue weighted by Gasteiger charge is -2.05. The van der Waals surface area contributed by atoms with E-state index in [2.05, 4.69) is 30.7 Å². The van der Waals surface area contributed by atoms with Crippen LogP contribution in [0.1, 0.15) is 38.9 Å². The Morgan fingerprint density at radius 3 is 2.38 bits per heavy atom. The summed E-state index contributed by atoms with van der Waals surface area (Å²) in [6.07, 6.45) is 4.47. The van der Waals surface area contributed by atoms with E-state index in [1.807, 2.05) is 0 Å². The molecule has 0 N–H and O–H groups in total. The highest BCUT2D eigenvalue weighted by Gasteiger charge is 2.01. The van der Waals surface area contributed by atoms with Gasteiger partial charge < -0.3 is 4.74 Å². The minimum atomic E-state index is 0.375. The van der Waals surface area contributed by atoms with E-state index in [0.29, 0.717) is 5.92 Å². The van der Waals surface area contributed by atoms with Crippen LogP contribution < -0.4 is 4.74 Å². The van der Waals surface area contributed by atoms with E-state index in [4.69, 9.17) is 4.74 Å². The van der Waals surface area contributed by atoms with Gasteiger partial charge in [-0.15, -0.1) is 0 Å². The molecule has 0 saturated carbocycles. The van der Waals surface area contributed by atoms with E-state index in [1.165, 1.54) is 0 Å². The van der Waals surface area contributed by atoms with Gasteiger partial charge in [-0.1, -0.05) is 20.8 Å². The molecule has 0 aliphatic rings. The lowest BCUT2D eigenvalue weighted by Crippen LogP contribution is -2.00. The maximum atomic E-state index is 5.36. The number of rotatable bonds is 4. The number of hydrogen-bond acceptors (Lipinski definition) is 3. The SMILES string of the molecule is CCCOc1cnc(C(C)C)nc1. The summed E-state index contributed by atoms with van der Waals surface area (Å²) in [5.74, 6) is 2.00. The summed E-state index contributed by atoms with van der Waals surface area (Å²) in [5.41, 5.74) is 0. The summed E-state index contributed by atoms with van der Waals surface area (Å²) in [5, 5.41) is 0. The summed E-state index contributed by atoms with van der Waals surface area (Å²) in [7, 11) is 0. The van der Waals surface area contributed by atoms with Crippen LogP contribution >= 0.6 is 0 Å². The minimum Gasteiger partial charge on any atom is -0.490 e. The van der Waals surface area contributed by atoms with Crippen LogP contribution in [0.25, 0.3) is 0 Å². The summed E-state index contributed by atoms with van der Waals surface area (Å²) in [6.45, 7) is 6.94. The Balaban J connectivity index is 2.59. The quantitative estimate of drug-likeness (QED) is 0.713. The molecule has 0 aliphatic carbocycles. The fourth-order valence-electron chi connectivity index (χ4n) is 0.919. The molecule has 0 aliphatic heterocycles. The highest BCUT2D eigenvalue weighted by Crippen LogP contribution is 2.11. The first-order chi connectivity index (χ1) is 6.24. The summed E-state index contributed by atoms with van der Waals surface area (Å²) in [4.78, 5) is 8.39. The molecule has 1 aromatic rings. The molecule has 1 heterocycles. The second-order valence-electron chi connectivity index (χ2n) is 3.28. The molecule has 0 radical (unpaired) electrons. The molecule has 72 valence electrons. The fraction of sp³-hybridized carbons (Fsp3) is 0.600. The van der Waals surface area contributed by atoms with Crippen LogP contribution in [0.4, 0.5) is 0 Å². The molecule has 0 bridgehead atoms. The maximum absolute atomic E-state index is 5.36. The van der Waals surface area contributed by atoms with E-state index >= 15 is 0 Å². The lowest BCUT2D eigenvalue weighted by molar-refractivity contribution is 0.314. The van der Waals surface area contributed by atoms with Crippen molar-refractivity contribution in [2.75, 3.05) is 6.61 Å². The molecule has 0 fully saturated rings. The number of ether oxygens (including phenoxy) is 1. The van der Waals surface area contributed by atoms with Crippen LogP contribution in [-0.4, -0.2) is 16.6 Å². The monoisotopic (exact) mass is 180 g/mol. The van der Waals surface area contributed by atoms with Crippen molar-refractivity contribution in [3.05, 3.63) is 18.2 Å². The van der Waals surface area contributed by atoms with E-state index < -0.39 is 0 Å². The van der Waals surface area contributed by atoms with Gasteiger partial charge in [-0.05, 0) is 6.42 Å². The molecule has 13 heavy (non-hydrogen) atoms. The Kier molecular flexibility index (Phi) is 3.68. The molecule has 0 spiro atoms. The van der Waals surface area contributed by atoms with Crippen molar-refractivity contribution in [1.29, 1.82) is 0 Å². The second kappa shape index (κ2) is 4.80. The fourth-order valence-corrected chi connectivity index (χ4v) is 0.919. The van der Waals surface area contributed by atoms with Gasteiger partial charge >= 0.3 is 0 Å². The molecule has 3 heteroatoms. The van der Waals surface area contributed by atoms with Crippen molar-refractivity contribution in [3.8, 4) is 5.75 Å². The van der Waals surface area contributed by atoms with Crippen molar-refractivity contribution >= 4 is 0 Å². The summed E-state index contributed by atoms with van der Waals surface area (Å²) in [6, 6.07) is 0. The Morgan fingerprint density at radius 2 is 1.92 bits per heavy atom. The van der Waals surface area contributed by atoms with Crippen molar-refractivity contribution in [1.82, 2.24) is 9.97 Å². The van der Waals surface area contributed by atoms with Crippen molar-refractivity contribution in [2.45, 2.75) is 33.1 Å². The van der Waals surface area contributed by atoms with Gasteiger partial charge in [0.1, 0.15) is 5.82 Å². The molecule has 3 nitrogen and oxygen atoms in total. The van der Waals surface area contributed by atoms with Gasteiger partial charge in [-0.2, -0.15) is 0 Å². The van der Waals surface area contributed by atoms with E-state index in [-0.39, 0.29) is 0 Å². The van der Waals surface area contributed by atoms with Crippen LogP contribution in [0.2, 0.25) is 0 Å². The molecule has 0 atom stereocenters. The third-order valence-corrected chi connectivity index (χ3v) is 1.64. The zero-order valence-electron chi connectivity index (χ0n) is 8.45. The van der Waals surface area contributed by atoms with Crippen LogP contribution in [-0.2, 0) is 0 Å². The van der Waals surface area contributed by atoms with Crippen molar-refractivity contribution in [2.24, 2.45) is 0 Å². The maximum Gasteiger partial charge on any atom is 0.155 e. The number of nitrogens with zero attached hydrogens (tertiary/aromatic N) is 2. The number of aromatic nitrogens is 2. The molecule has 1 aromatic heterocycles. The van der Waals surface area contributed by atoms with E-state index in [1.54, 1.807) is 12.4 Å². The molecule has 0 saturated heterocycles. The Morgan fingerprint density at radius 1 is 1.31 bits per heavy atom. The summed E-state index contributed by atoms with van der Waals surface area (Å²) < 4.78 is 5.36. The first kappa shape index (κ1) is 9.96. The standard InChI is InChI=1S/C10H16N2O/c1-4-5-13-9-6-11-10(8(2)3)12-7-9/h6-8H,4-5H2,1-3H3. The van der Waals surface area contributed by atoms with Crippen LogP contribution in [0, 0.1) is 0 Å². The normalized spacial score (nSPS) is 10.5. The topological polar surface area (TPSA) is 35.0 Å². The van der Waals surface area contributed by atoms with Gasteiger partial charge in [-0.3, -0.25) is 0 Å². The number of hydrogen-bond donors (Lipinski definition) is 0. The van der Waals surface area contributed by atoms with Gasteiger partial charge in [0.15, 0.2) is 5.75 Å². The molecular formula is C10H16N2O. The van der Waals surface area contributed by atoms with E-state index in [0.717, 1.165) is 24.6 Å². The van der Waals surface area contributed by atoms with Crippen molar-refractivity contribution in [3.63, 3.8) is 0 Å². The highest BCUT2D eigenvalue weighted by molar-refractivity contribution is 5.13. The van der Waals surface area contributed by atoms with Gasteiger partial charge in [0.25, 0.3) is 0 Å². The van der Waals surface area contributed by atoms with Crippen molar-refractivity contribution < 1.29 is 4.74 Å². The Bertz CT molecular complexity index is 244. The van der Waals surface area contributed by atoms with Gasteiger partial charge in [0, 0.05) is 5.92 Å².